The third kappa shape index (κ3) is 2.97. The number of ether oxygens (including phenoxy) is 1. The van der Waals surface area contributed by atoms with Crippen molar-refractivity contribution in [2.45, 2.75) is 13.0 Å². The lowest BCUT2D eigenvalue weighted by Crippen LogP contribution is -2.12. The van der Waals surface area contributed by atoms with E-state index in [0.717, 1.165) is 0 Å². The molecule has 20 heavy (non-hydrogen) atoms. The Morgan fingerprint density at radius 3 is 2.60 bits per heavy atom. The van der Waals surface area contributed by atoms with E-state index in [4.69, 9.17) is 4.74 Å². The van der Waals surface area contributed by atoms with E-state index in [1.165, 1.54) is 18.2 Å². The quantitative estimate of drug-likeness (QED) is 0.485. The van der Waals surface area contributed by atoms with Gasteiger partial charge in [-0.05, 0) is 25.1 Å². The Balaban J connectivity index is 2.19. The minimum atomic E-state index is -0.740. The lowest BCUT2D eigenvalue weighted by atomic mass is 10.2. The molecule has 2 aromatic rings. The van der Waals surface area contributed by atoms with Crippen LogP contribution in [0.25, 0.3) is 0 Å². The minimum Gasteiger partial charge on any atom is -0.452 e. The van der Waals surface area contributed by atoms with E-state index < -0.39 is 17.0 Å². The summed E-state index contributed by atoms with van der Waals surface area (Å²) in [6.07, 6.45) is 1.01. The molecule has 0 aliphatic carbocycles. The Hall–Kier alpha value is -2.76. The fraction of sp³-hybridized carbons (Fsp3) is 0.143. The number of carbonyl (C=O) groups is 1. The fourth-order valence-corrected chi connectivity index (χ4v) is 1.71. The van der Waals surface area contributed by atoms with Crippen LogP contribution in [0, 0.1) is 10.1 Å². The van der Waals surface area contributed by atoms with Crippen molar-refractivity contribution in [2.24, 2.45) is 0 Å². The second kappa shape index (κ2) is 5.92. The van der Waals surface area contributed by atoms with Gasteiger partial charge in [0.1, 0.15) is 11.7 Å². The van der Waals surface area contributed by atoms with Gasteiger partial charge in [0, 0.05) is 12.3 Å². The fourth-order valence-electron chi connectivity index (χ4n) is 1.71. The largest absolute Gasteiger partial charge is 0.452 e. The number of carbonyl (C=O) groups excluding carboxylic acids is 1. The van der Waals surface area contributed by atoms with Crippen LogP contribution in [0.3, 0.4) is 0 Å². The van der Waals surface area contributed by atoms with Gasteiger partial charge < -0.3 is 4.74 Å². The van der Waals surface area contributed by atoms with Gasteiger partial charge in [0.25, 0.3) is 5.69 Å². The molecule has 0 N–H and O–H groups in total. The molecule has 0 radical (unpaired) electrons. The Morgan fingerprint density at radius 1 is 1.25 bits per heavy atom. The maximum Gasteiger partial charge on any atom is 0.345 e. The molecule has 6 nitrogen and oxygen atoms in total. The van der Waals surface area contributed by atoms with Crippen molar-refractivity contribution in [3.8, 4) is 0 Å². The molecule has 102 valence electrons. The first-order chi connectivity index (χ1) is 9.59. The van der Waals surface area contributed by atoms with Crippen molar-refractivity contribution in [1.29, 1.82) is 0 Å². The summed E-state index contributed by atoms with van der Waals surface area (Å²) < 4.78 is 5.21. The van der Waals surface area contributed by atoms with Crippen LogP contribution in [0.4, 0.5) is 5.69 Å². The highest BCUT2D eigenvalue weighted by Gasteiger charge is 2.22. The number of pyridine rings is 1. The predicted molar refractivity (Wildman–Crippen MR) is 71.2 cm³/mol. The van der Waals surface area contributed by atoms with Gasteiger partial charge in [-0.25, -0.2) is 4.79 Å². The van der Waals surface area contributed by atoms with Crippen LogP contribution in [0.5, 0.6) is 0 Å². The SMILES string of the molecule is C[C@H](OC(=O)c1ccccc1[N+](=O)[O-])c1ccccn1. The topological polar surface area (TPSA) is 82.3 Å². The lowest BCUT2D eigenvalue weighted by Gasteiger charge is -2.12. The van der Waals surface area contributed by atoms with Gasteiger partial charge >= 0.3 is 5.97 Å². The van der Waals surface area contributed by atoms with E-state index in [1.54, 1.807) is 37.4 Å². The van der Waals surface area contributed by atoms with E-state index in [1.807, 2.05) is 0 Å². The second-order valence-electron chi connectivity index (χ2n) is 4.08. The molecule has 0 bridgehead atoms. The van der Waals surface area contributed by atoms with Crippen molar-refractivity contribution in [3.05, 3.63) is 70.0 Å². The first-order valence-corrected chi connectivity index (χ1v) is 5.95. The molecule has 0 unspecified atom stereocenters. The zero-order valence-corrected chi connectivity index (χ0v) is 10.7. The van der Waals surface area contributed by atoms with Crippen LogP contribution in [0.15, 0.2) is 48.7 Å². The maximum atomic E-state index is 12.0. The summed E-state index contributed by atoms with van der Waals surface area (Å²) in [5.74, 6) is -0.740. The summed E-state index contributed by atoms with van der Waals surface area (Å²) >= 11 is 0. The monoisotopic (exact) mass is 272 g/mol. The first-order valence-electron chi connectivity index (χ1n) is 5.95. The molecule has 0 aliphatic heterocycles. The Bertz CT molecular complexity index is 628. The van der Waals surface area contributed by atoms with Gasteiger partial charge in [-0.15, -0.1) is 0 Å². The van der Waals surface area contributed by atoms with E-state index in [9.17, 15) is 14.9 Å². The van der Waals surface area contributed by atoms with E-state index in [-0.39, 0.29) is 11.3 Å². The number of hydrogen-bond acceptors (Lipinski definition) is 5. The lowest BCUT2D eigenvalue weighted by molar-refractivity contribution is -0.385. The van der Waals surface area contributed by atoms with Crippen LogP contribution >= 0.6 is 0 Å². The highest BCUT2D eigenvalue weighted by molar-refractivity contribution is 5.93. The van der Waals surface area contributed by atoms with Gasteiger partial charge in [-0.2, -0.15) is 0 Å². The summed E-state index contributed by atoms with van der Waals surface area (Å²) in [7, 11) is 0. The molecular weight excluding hydrogens is 260 g/mol. The molecule has 6 heteroatoms. The van der Waals surface area contributed by atoms with Crippen molar-refractivity contribution < 1.29 is 14.5 Å². The standard InChI is InChI=1S/C14H12N2O4/c1-10(12-7-4-5-9-15-12)20-14(17)11-6-2-3-8-13(11)16(18)19/h2-10H,1H3/t10-/m0/s1. The molecular formula is C14H12N2O4. The third-order valence-electron chi connectivity index (χ3n) is 2.71. The maximum absolute atomic E-state index is 12.0. The molecule has 0 saturated carbocycles. The molecule has 1 atom stereocenters. The number of rotatable bonds is 4. The molecule has 2 rings (SSSR count). The van der Waals surface area contributed by atoms with E-state index in [0.29, 0.717) is 5.69 Å². The van der Waals surface area contributed by atoms with Gasteiger partial charge in [-0.1, -0.05) is 18.2 Å². The Labute approximate surface area is 115 Å². The number of benzene rings is 1. The van der Waals surface area contributed by atoms with Crippen molar-refractivity contribution in [1.82, 2.24) is 4.98 Å². The number of para-hydroxylation sites is 1. The van der Waals surface area contributed by atoms with Crippen LogP contribution in [0.1, 0.15) is 29.1 Å². The number of esters is 1. The van der Waals surface area contributed by atoms with E-state index in [2.05, 4.69) is 4.98 Å². The van der Waals surface area contributed by atoms with Gasteiger partial charge in [-0.3, -0.25) is 15.1 Å². The van der Waals surface area contributed by atoms with Crippen molar-refractivity contribution in [2.75, 3.05) is 0 Å². The molecule has 0 saturated heterocycles. The Kier molecular flexibility index (Phi) is 4.05. The van der Waals surface area contributed by atoms with Crippen LogP contribution in [-0.4, -0.2) is 15.9 Å². The second-order valence-corrected chi connectivity index (χ2v) is 4.08. The molecule has 0 fully saturated rings. The molecule has 1 aromatic carbocycles. The third-order valence-corrected chi connectivity index (χ3v) is 2.71. The highest BCUT2D eigenvalue weighted by atomic mass is 16.6. The van der Waals surface area contributed by atoms with Gasteiger partial charge in [0.2, 0.25) is 0 Å². The molecule has 1 heterocycles. The smallest absolute Gasteiger partial charge is 0.345 e. The van der Waals surface area contributed by atoms with Crippen molar-refractivity contribution in [3.63, 3.8) is 0 Å². The van der Waals surface area contributed by atoms with Gasteiger partial charge in [0.15, 0.2) is 0 Å². The number of nitro benzene ring substituents is 1. The summed E-state index contributed by atoms with van der Waals surface area (Å²) in [4.78, 5) is 26.3. The van der Waals surface area contributed by atoms with E-state index >= 15 is 0 Å². The summed E-state index contributed by atoms with van der Waals surface area (Å²) in [6.45, 7) is 1.66. The minimum absolute atomic E-state index is 0.0692. The normalized spacial score (nSPS) is 11.7. The van der Waals surface area contributed by atoms with Crippen LogP contribution in [0.2, 0.25) is 0 Å². The highest BCUT2D eigenvalue weighted by Crippen LogP contribution is 2.22. The number of aromatic nitrogens is 1. The average molecular weight is 272 g/mol. The van der Waals surface area contributed by atoms with Crippen molar-refractivity contribution >= 4 is 11.7 Å². The first kappa shape index (κ1) is 13.7. The number of nitro groups is 1. The zero-order valence-electron chi connectivity index (χ0n) is 10.7. The predicted octanol–water partition coefficient (Wildman–Crippen LogP) is 2.91. The summed E-state index contributed by atoms with van der Waals surface area (Å²) in [6, 6.07) is 10.9. The molecule has 0 spiro atoms. The Morgan fingerprint density at radius 2 is 1.95 bits per heavy atom. The van der Waals surface area contributed by atoms with Crippen LogP contribution < -0.4 is 0 Å². The zero-order chi connectivity index (χ0) is 14.5. The number of hydrogen-bond donors (Lipinski definition) is 0. The van der Waals surface area contributed by atoms with Crippen LogP contribution in [-0.2, 0) is 4.74 Å². The molecule has 0 amide bonds. The summed E-state index contributed by atoms with van der Waals surface area (Å²) in [5.41, 5.74) is 0.241. The molecule has 1 aromatic heterocycles. The average Bonchev–Trinajstić information content (AvgIpc) is 2.48. The summed E-state index contributed by atoms with van der Waals surface area (Å²) in [5, 5.41) is 10.9. The number of nitrogens with zero attached hydrogens (tertiary/aromatic N) is 2. The van der Waals surface area contributed by atoms with Gasteiger partial charge in [0.05, 0.1) is 10.6 Å². The molecule has 0 aliphatic rings.